The largest absolute Gasteiger partial charge is 0.374 e. The SMILES string of the molecule is CN=C(NCc1ccc2c(c1)CCCN2C)NC(C)(C)C. The van der Waals surface area contributed by atoms with Gasteiger partial charge in [-0.05, 0) is 50.8 Å². The van der Waals surface area contributed by atoms with Crippen molar-refractivity contribution in [2.45, 2.75) is 45.7 Å². The zero-order valence-electron chi connectivity index (χ0n) is 14.0. The summed E-state index contributed by atoms with van der Waals surface area (Å²) in [4.78, 5) is 6.62. The van der Waals surface area contributed by atoms with Gasteiger partial charge in [0.25, 0.3) is 0 Å². The Kier molecular flexibility index (Phi) is 4.76. The molecule has 0 bridgehead atoms. The summed E-state index contributed by atoms with van der Waals surface area (Å²) >= 11 is 0. The van der Waals surface area contributed by atoms with E-state index in [0.717, 1.165) is 19.0 Å². The lowest BCUT2D eigenvalue weighted by Crippen LogP contribution is -2.47. The highest BCUT2D eigenvalue weighted by Gasteiger charge is 2.14. The average Bonchev–Trinajstić information content (AvgIpc) is 2.42. The first-order valence-corrected chi connectivity index (χ1v) is 7.71. The van der Waals surface area contributed by atoms with Crippen LogP contribution in [0.25, 0.3) is 0 Å². The van der Waals surface area contributed by atoms with Gasteiger partial charge in [-0.1, -0.05) is 12.1 Å². The summed E-state index contributed by atoms with van der Waals surface area (Å²) < 4.78 is 0. The van der Waals surface area contributed by atoms with Crippen molar-refractivity contribution in [3.8, 4) is 0 Å². The van der Waals surface area contributed by atoms with Gasteiger partial charge in [-0.25, -0.2) is 0 Å². The van der Waals surface area contributed by atoms with E-state index in [0.29, 0.717) is 0 Å². The molecule has 1 aliphatic rings. The standard InChI is InChI=1S/C17H28N4/c1-17(2,3)20-16(18-4)19-12-13-8-9-15-14(11-13)7-6-10-21(15)5/h8-9,11H,6-7,10,12H2,1-5H3,(H2,18,19,20). The molecule has 0 atom stereocenters. The molecule has 2 N–H and O–H groups in total. The lowest BCUT2D eigenvalue weighted by Gasteiger charge is -2.28. The molecule has 0 amide bonds. The van der Waals surface area contributed by atoms with E-state index in [2.05, 4.69) is 66.5 Å². The molecule has 1 heterocycles. The molecule has 4 nitrogen and oxygen atoms in total. The number of hydrogen-bond donors (Lipinski definition) is 2. The van der Waals surface area contributed by atoms with Gasteiger partial charge in [-0.2, -0.15) is 0 Å². The van der Waals surface area contributed by atoms with E-state index in [-0.39, 0.29) is 5.54 Å². The van der Waals surface area contributed by atoms with E-state index in [1.807, 2.05) is 7.05 Å². The zero-order chi connectivity index (χ0) is 15.5. The van der Waals surface area contributed by atoms with E-state index in [1.54, 1.807) is 0 Å². The quantitative estimate of drug-likeness (QED) is 0.649. The average molecular weight is 288 g/mol. The van der Waals surface area contributed by atoms with Crippen LogP contribution in [0.3, 0.4) is 0 Å². The number of guanidine groups is 1. The number of rotatable bonds is 2. The van der Waals surface area contributed by atoms with Crippen molar-refractivity contribution in [3.05, 3.63) is 29.3 Å². The molecule has 1 aliphatic heterocycles. The van der Waals surface area contributed by atoms with Crippen LogP contribution in [0.4, 0.5) is 5.69 Å². The molecule has 0 aliphatic carbocycles. The van der Waals surface area contributed by atoms with E-state index in [1.165, 1.54) is 29.7 Å². The first-order valence-electron chi connectivity index (χ1n) is 7.71. The fraction of sp³-hybridized carbons (Fsp3) is 0.588. The zero-order valence-corrected chi connectivity index (χ0v) is 14.0. The molecule has 4 heteroatoms. The minimum atomic E-state index is 0.0143. The highest BCUT2D eigenvalue weighted by atomic mass is 15.2. The van der Waals surface area contributed by atoms with Gasteiger partial charge in [-0.15, -0.1) is 0 Å². The molecule has 2 rings (SSSR count). The number of nitrogens with one attached hydrogen (secondary N) is 2. The van der Waals surface area contributed by atoms with Gasteiger partial charge in [0.05, 0.1) is 0 Å². The van der Waals surface area contributed by atoms with Crippen LogP contribution in [0.2, 0.25) is 0 Å². The first-order chi connectivity index (χ1) is 9.89. The lowest BCUT2D eigenvalue weighted by molar-refractivity contribution is 0.501. The monoisotopic (exact) mass is 288 g/mol. The molecule has 0 saturated carbocycles. The number of benzene rings is 1. The topological polar surface area (TPSA) is 39.7 Å². The second-order valence-corrected chi connectivity index (χ2v) is 6.79. The summed E-state index contributed by atoms with van der Waals surface area (Å²) in [5.74, 6) is 0.845. The highest BCUT2D eigenvalue weighted by Crippen LogP contribution is 2.26. The van der Waals surface area contributed by atoms with Crippen molar-refractivity contribution in [2.24, 2.45) is 4.99 Å². The summed E-state index contributed by atoms with van der Waals surface area (Å²) in [5, 5.41) is 6.76. The lowest BCUT2D eigenvalue weighted by atomic mass is 9.99. The molecule has 21 heavy (non-hydrogen) atoms. The molecule has 0 aromatic heterocycles. The van der Waals surface area contributed by atoms with Crippen LogP contribution in [-0.2, 0) is 13.0 Å². The van der Waals surface area contributed by atoms with Crippen molar-refractivity contribution in [2.75, 3.05) is 25.5 Å². The van der Waals surface area contributed by atoms with Gasteiger partial charge < -0.3 is 15.5 Å². The summed E-state index contributed by atoms with van der Waals surface area (Å²) in [6.45, 7) is 8.36. The second-order valence-electron chi connectivity index (χ2n) is 6.79. The molecule has 0 spiro atoms. The summed E-state index contributed by atoms with van der Waals surface area (Å²) in [5.41, 5.74) is 4.16. The maximum atomic E-state index is 4.27. The minimum Gasteiger partial charge on any atom is -0.374 e. The Morgan fingerprint density at radius 2 is 2.10 bits per heavy atom. The Morgan fingerprint density at radius 3 is 2.76 bits per heavy atom. The van der Waals surface area contributed by atoms with Crippen LogP contribution in [0.1, 0.15) is 38.3 Å². The fourth-order valence-electron chi connectivity index (χ4n) is 2.67. The van der Waals surface area contributed by atoms with Crippen molar-refractivity contribution < 1.29 is 0 Å². The van der Waals surface area contributed by atoms with E-state index < -0.39 is 0 Å². The molecule has 0 saturated heterocycles. The van der Waals surface area contributed by atoms with Crippen LogP contribution in [0, 0.1) is 0 Å². The Labute approximate surface area is 128 Å². The van der Waals surface area contributed by atoms with E-state index in [4.69, 9.17) is 0 Å². The Morgan fingerprint density at radius 1 is 1.33 bits per heavy atom. The number of hydrogen-bond acceptors (Lipinski definition) is 2. The molecule has 0 unspecified atom stereocenters. The second kappa shape index (κ2) is 6.37. The number of aliphatic imine (C=N–C) groups is 1. The van der Waals surface area contributed by atoms with Crippen molar-refractivity contribution in [3.63, 3.8) is 0 Å². The molecular formula is C17H28N4. The molecule has 1 aromatic rings. The molecular weight excluding hydrogens is 260 g/mol. The smallest absolute Gasteiger partial charge is 0.191 e. The maximum absolute atomic E-state index is 4.27. The summed E-state index contributed by atoms with van der Waals surface area (Å²) in [7, 11) is 3.98. The molecule has 0 radical (unpaired) electrons. The van der Waals surface area contributed by atoms with E-state index >= 15 is 0 Å². The van der Waals surface area contributed by atoms with Crippen LogP contribution < -0.4 is 15.5 Å². The number of fused-ring (bicyclic) bond motifs is 1. The minimum absolute atomic E-state index is 0.0143. The third-order valence-corrected chi connectivity index (χ3v) is 3.67. The van der Waals surface area contributed by atoms with Crippen LogP contribution in [0.5, 0.6) is 0 Å². The Bertz CT molecular complexity index is 514. The predicted octanol–water partition coefficient (Wildman–Crippen LogP) is 2.53. The van der Waals surface area contributed by atoms with Gasteiger partial charge in [-0.3, -0.25) is 4.99 Å². The van der Waals surface area contributed by atoms with Crippen molar-refractivity contribution >= 4 is 11.6 Å². The predicted molar refractivity (Wildman–Crippen MR) is 91.1 cm³/mol. The first kappa shape index (κ1) is 15.7. The fourth-order valence-corrected chi connectivity index (χ4v) is 2.67. The maximum Gasteiger partial charge on any atom is 0.191 e. The Balaban J connectivity index is 2.00. The van der Waals surface area contributed by atoms with Gasteiger partial charge in [0.15, 0.2) is 5.96 Å². The highest BCUT2D eigenvalue weighted by molar-refractivity contribution is 5.80. The Hall–Kier alpha value is -1.71. The third-order valence-electron chi connectivity index (χ3n) is 3.67. The molecule has 0 fully saturated rings. The van der Waals surface area contributed by atoms with Crippen LogP contribution in [-0.4, -0.2) is 32.1 Å². The van der Waals surface area contributed by atoms with E-state index in [9.17, 15) is 0 Å². The van der Waals surface area contributed by atoms with Crippen LogP contribution >= 0.6 is 0 Å². The van der Waals surface area contributed by atoms with Gasteiger partial charge in [0.1, 0.15) is 0 Å². The van der Waals surface area contributed by atoms with Gasteiger partial charge in [0, 0.05) is 38.4 Å². The normalized spacial score (nSPS) is 15.7. The summed E-state index contributed by atoms with van der Waals surface area (Å²) in [6.07, 6.45) is 2.43. The van der Waals surface area contributed by atoms with Gasteiger partial charge >= 0.3 is 0 Å². The van der Waals surface area contributed by atoms with Crippen molar-refractivity contribution in [1.82, 2.24) is 10.6 Å². The number of anilines is 1. The molecule has 1 aromatic carbocycles. The third kappa shape index (κ3) is 4.38. The number of aryl methyl sites for hydroxylation is 1. The van der Waals surface area contributed by atoms with Crippen LogP contribution in [0.15, 0.2) is 23.2 Å². The van der Waals surface area contributed by atoms with Gasteiger partial charge in [0.2, 0.25) is 0 Å². The van der Waals surface area contributed by atoms with Crippen molar-refractivity contribution in [1.29, 1.82) is 0 Å². The number of nitrogens with zero attached hydrogens (tertiary/aromatic N) is 2. The molecule has 116 valence electrons. The summed E-state index contributed by atoms with van der Waals surface area (Å²) in [6, 6.07) is 6.77.